The standard InChI is InChI=1S/C12H18O3/c13-11(14)12(5-8-4-9(8)6-12)7-10-2-1-3-15-10/h8-10H,1-7H2,(H,13,14). The van der Waals surface area contributed by atoms with Crippen molar-refractivity contribution in [1.29, 1.82) is 0 Å². The van der Waals surface area contributed by atoms with E-state index in [0.717, 1.165) is 50.5 Å². The highest BCUT2D eigenvalue weighted by Gasteiger charge is 2.58. The van der Waals surface area contributed by atoms with Gasteiger partial charge in [0.25, 0.3) is 0 Å². The van der Waals surface area contributed by atoms with Crippen molar-refractivity contribution in [2.75, 3.05) is 6.61 Å². The first-order valence-corrected chi connectivity index (χ1v) is 6.05. The molecule has 3 aliphatic rings. The highest BCUT2D eigenvalue weighted by atomic mass is 16.5. The molecule has 0 spiro atoms. The van der Waals surface area contributed by atoms with Crippen LogP contribution in [0.5, 0.6) is 0 Å². The van der Waals surface area contributed by atoms with Gasteiger partial charge in [0.15, 0.2) is 0 Å². The first-order valence-electron chi connectivity index (χ1n) is 6.05. The summed E-state index contributed by atoms with van der Waals surface area (Å²) in [5.41, 5.74) is -0.428. The molecule has 2 saturated carbocycles. The SMILES string of the molecule is O=C(O)C1(CC2CCCO2)CC2CC2C1. The molecule has 3 fully saturated rings. The first kappa shape index (κ1) is 9.64. The first-order chi connectivity index (χ1) is 7.20. The zero-order valence-electron chi connectivity index (χ0n) is 8.95. The summed E-state index contributed by atoms with van der Waals surface area (Å²) in [6, 6.07) is 0. The summed E-state index contributed by atoms with van der Waals surface area (Å²) in [4.78, 5) is 11.4. The molecule has 1 N–H and O–H groups in total. The molecule has 0 radical (unpaired) electrons. The molecule has 15 heavy (non-hydrogen) atoms. The van der Waals surface area contributed by atoms with Crippen molar-refractivity contribution in [3.8, 4) is 0 Å². The van der Waals surface area contributed by atoms with Gasteiger partial charge in [0.2, 0.25) is 0 Å². The van der Waals surface area contributed by atoms with E-state index in [0.29, 0.717) is 0 Å². The Kier molecular flexibility index (Phi) is 2.06. The number of hydrogen-bond donors (Lipinski definition) is 1. The molecule has 0 amide bonds. The summed E-state index contributed by atoms with van der Waals surface area (Å²) in [5, 5.41) is 9.41. The van der Waals surface area contributed by atoms with Crippen LogP contribution in [0.3, 0.4) is 0 Å². The summed E-state index contributed by atoms with van der Waals surface area (Å²) in [5.74, 6) is 0.871. The van der Waals surface area contributed by atoms with E-state index < -0.39 is 11.4 Å². The molecule has 1 saturated heterocycles. The molecule has 0 aromatic rings. The molecule has 2 aliphatic carbocycles. The van der Waals surface area contributed by atoms with E-state index in [1.165, 1.54) is 6.42 Å². The lowest BCUT2D eigenvalue weighted by Crippen LogP contribution is -2.33. The number of rotatable bonds is 3. The Bertz CT molecular complexity index is 271. The van der Waals surface area contributed by atoms with Gasteiger partial charge < -0.3 is 9.84 Å². The summed E-state index contributed by atoms with van der Waals surface area (Å²) in [6.07, 6.45) is 6.24. The van der Waals surface area contributed by atoms with Gasteiger partial charge in [-0.1, -0.05) is 0 Å². The van der Waals surface area contributed by atoms with E-state index in [-0.39, 0.29) is 6.10 Å². The molecule has 0 bridgehead atoms. The van der Waals surface area contributed by atoms with Crippen LogP contribution in [0.25, 0.3) is 0 Å². The molecule has 0 aromatic heterocycles. The monoisotopic (exact) mass is 210 g/mol. The van der Waals surface area contributed by atoms with Crippen molar-refractivity contribution in [3.63, 3.8) is 0 Å². The van der Waals surface area contributed by atoms with Crippen molar-refractivity contribution in [2.45, 2.75) is 44.6 Å². The summed E-state index contributed by atoms with van der Waals surface area (Å²) in [6.45, 7) is 0.827. The van der Waals surface area contributed by atoms with Gasteiger partial charge in [0, 0.05) is 6.61 Å². The fourth-order valence-electron chi connectivity index (χ4n) is 3.57. The minimum atomic E-state index is -0.579. The van der Waals surface area contributed by atoms with Crippen LogP contribution in [0.2, 0.25) is 0 Å². The van der Waals surface area contributed by atoms with Crippen molar-refractivity contribution in [3.05, 3.63) is 0 Å². The average molecular weight is 210 g/mol. The van der Waals surface area contributed by atoms with Crippen LogP contribution in [0, 0.1) is 17.3 Å². The number of fused-ring (bicyclic) bond motifs is 1. The lowest BCUT2D eigenvalue weighted by atomic mass is 9.77. The molecular formula is C12H18O3. The molecule has 1 aliphatic heterocycles. The van der Waals surface area contributed by atoms with Crippen LogP contribution in [0.15, 0.2) is 0 Å². The predicted molar refractivity (Wildman–Crippen MR) is 54.5 cm³/mol. The van der Waals surface area contributed by atoms with E-state index in [2.05, 4.69) is 0 Å². The number of aliphatic carboxylic acids is 1. The molecule has 3 nitrogen and oxygen atoms in total. The fourth-order valence-corrected chi connectivity index (χ4v) is 3.57. The zero-order valence-corrected chi connectivity index (χ0v) is 8.95. The van der Waals surface area contributed by atoms with Gasteiger partial charge in [-0.3, -0.25) is 4.79 Å². The van der Waals surface area contributed by atoms with Gasteiger partial charge in [-0.2, -0.15) is 0 Å². The average Bonchev–Trinajstić information content (AvgIpc) is 2.68. The lowest BCUT2D eigenvalue weighted by molar-refractivity contribution is -0.151. The molecule has 84 valence electrons. The Morgan fingerprint density at radius 2 is 2.13 bits per heavy atom. The van der Waals surface area contributed by atoms with Gasteiger partial charge in [0.1, 0.15) is 0 Å². The second kappa shape index (κ2) is 3.21. The maximum Gasteiger partial charge on any atom is 0.309 e. The third kappa shape index (κ3) is 1.57. The van der Waals surface area contributed by atoms with Crippen molar-refractivity contribution >= 4 is 5.97 Å². The van der Waals surface area contributed by atoms with Crippen molar-refractivity contribution < 1.29 is 14.6 Å². The fraction of sp³-hybridized carbons (Fsp3) is 0.917. The molecule has 3 atom stereocenters. The van der Waals surface area contributed by atoms with Crippen molar-refractivity contribution in [1.82, 2.24) is 0 Å². The molecular weight excluding hydrogens is 192 g/mol. The maximum atomic E-state index is 11.4. The Hall–Kier alpha value is -0.570. The molecule has 3 unspecified atom stereocenters. The summed E-state index contributed by atoms with van der Waals surface area (Å²) >= 11 is 0. The van der Waals surface area contributed by atoms with Gasteiger partial charge in [0.05, 0.1) is 11.5 Å². The molecule has 3 rings (SSSR count). The smallest absolute Gasteiger partial charge is 0.309 e. The highest BCUT2D eigenvalue weighted by molar-refractivity contribution is 5.75. The molecule has 1 heterocycles. The van der Waals surface area contributed by atoms with Crippen molar-refractivity contribution in [2.24, 2.45) is 17.3 Å². The zero-order chi connectivity index (χ0) is 10.5. The Balaban J connectivity index is 1.70. The van der Waals surface area contributed by atoms with Crippen LogP contribution in [-0.2, 0) is 9.53 Å². The van der Waals surface area contributed by atoms with E-state index in [1.54, 1.807) is 0 Å². The van der Waals surface area contributed by atoms with Crippen LogP contribution >= 0.6 is 0 Å². The number of hydrogen-bond acceptors (Lipinski definition) is 2. The lowest BCUT2D eigenvalue weighted by Gasteiger charge is -2.28. The van der Waals surface area contributed by atoms with E-state index in [4.69, 9.17) is 4.74 Å². The highest BCUT2D eigenvalue weighted by Crippen LogP contribution is 2.61. The Labute approximate surface area is 89.8 Å². The van der Waals surface area contributed by atoms with Gasteiger partial charge in [-0.15, -0.1) is 0 Å². The predicted octanol–water partition coefficient (Wildman–Crippen LogP) is 2.06. The number of carboxylic acids is 1. The minimum absolute atomic E-state index is 0.221. The third-order valence-corrected chi connectivity index (χ3v) is 4.47. The van der Waals surface area contributed by atoms with Gasteiger partial charge in [-0.25, -0.2) is 0 Å². The van der Waals surface area contributed by atoms with Crippen LogP contribution < -0.4 is 0 Å². The Morgan fingerprint density at radius 3 is 2.67 bits per heavy atom. The molecule has 0 aromatic carbocycles. The Morgan fingerprint density at radius 1 is 1.40 bits per heavy atom. The summed E-state index contributed by atoms with van der Waals surface area (Å²) < 4.78 is 5.58. The number of carboxylic acid groups (broad SMARTS) is 1. The largest absolute Gasteiger partial charge is 0.481 e. The normalized spacial score (nSPS) is 47.9. The van der Waals surface area contributed by atoms with Gasteiger partial charge in [-0.05, 0) is 50.4 Å². The van der Waals surface area contributed by atoms with Gasteiger partial charge >= 0.3 is 5.97 Å². The van der Waals surface area contributed by atoms with E-state index in [9.17, 15) is 9.90 Å². The second-order valence-electron chi connectivity index (χ2n) is 5.59. The van der Waals surface area contributed by atoms with Crippen LogP contribution in [0.4, 0.5) is 0 Å². The number of ether oxygens (including phenoxy) is 1. The maximum absolute atomic E-state index is 11.4. The second-order valence-corrected chi connectivity index (χ2v) is 5.59. The minimum Gasteiger partial charge on any atom is -0.481 e. The van der Waals surface area contributed by atoms with Crippen LogP contribution in [-0.4, -0.2) is 23.8 Å². The summed E-state index contributed by atoms with van der Waals surface area (Å²) in [7, 11) is 0. The third-order valence-electron chi connectivity index (χ3n) is 4.47. The number of carbonyl (C=O) groups is 1. The van der Waals surface area contributed by atoms with Crippen LogP contribution in [0.1, 0.15) is 38.5 Å². The quantitative estimate of drug-likeness (QED) is 0.775. The van der Waals surface area contributed by atoms with E-state index >= 15 is 0 Å². The molecule has 3 heteroatoms. The van der Waals surface area contributed by atoms with E-state index in [1.807, 2.05) is 0 Å². The topological polar surface area (TPSA) is 46.5 Å².